The number of hydrogen-bond donors (Lipinski definition) is 1. The van der Waals surface area contributed by atoms with Crippen molar-refractivity contribution >= 4 is 28.1 Å². The van der Waals surface area contributed by atoms with Crippen LogP contribution >= 0.6 is 15.9 Å². The standard InChI is InChI=1S/C15H14BrN3O2/c1-2-21-14-5-3-11(4-6-14)8-18-19-15(20)12-7-13(16)10-17-9-12/h3-10H,2H2,1H3,(H,19,20)/b18-8+. The van der Waals surface area contributed by atoms with Gasteiger partial charge in [-0.1, -0.05) is 0 Å². The van der Waals surface area contributed by atoms with Gasteiger partial charge in [0.15, 0.2) is 0 Å². The summed E-state index contributed by atoms with van der Waals surface area (Å²) in [5.41, 5.74) is 3.76. The molecular formula is C15H14BrN3O2. The number of amides is 1. The molecule has 108 valence electrons. The zero-order valence-electron chi connectivity index (χ0n) is 11.4. The predicted molar refractivity (Wildman–Crippen MR) is 84.6 cm³/mol. The molecule has 1 amide bonds. The molecule has 0 saturated heterocycles. The summed E-state index contributed by atoms with van der Waals surface area (Å²) in [4.78, 5) is 15.7. The van der Waals surface area contributed by atoms with E-state index in [9.17, 15) is 4.79 Å². The largest absolute Gasteiger partial charge is 0.494 e. The van der Waals surface area contributed by atoms with E-state index < -0.39 is 0 Å². The molecule has 5 nitrogen and oxygen atoms in total. The molecule has 21 heavy (non-hydrogen) atoms. The Bertz CT molecular complexity index is 642. The maximum Gasteiger partial charge on any atom is 0.272 e. The predicted octanol–water partition coefficient (Wildman–Crippen LogP) is 3.01. The zero-order valence-corrected chi connectivity index (χ0v) is 13.0. The van der Waals surface area contributed by atoms with Gasteiger partial charge >= 0.3 is 0 Å². The highest BCUT2D eigenvalue weighted by Gasteiger charge is 2.04. The van der Waals surface area contributed by atoms with Gasteiger partial charge in [0, 0.05) is 16.9 Å². The van der Waals surface area contributed by atoms with E-state index in [0.29, 0.717) is 12.2 Å². The third kappa shape index (κ3) is 4.68. The summed E-state index contributed by atoms with van der Waals surface area (Å²) in [5, 5.41) is 3.91. The van der Waals surface area contributed by atoms with E-state index in [1.807, 2.05) is 31.2 Å². The fraction of sp³-hybridized carbons (Fsp3) is 0.133. The van der Waals surface area contributed by atoms with Crippen molar-refractivity contribution in [1.29, 1.82) is 0 Å². The van der Waals surface area contributed by atoms with Crippen LogP contribution in [0.25, 0.3) is 0 Å². The molecule has 1 heterocycles. The van der Waals surface area contributed by atoms with Crippen LogP contribution in [0.3, 0.4) is 0 Å². The lowest BCUT2D eigenvalue weighted by Gasteiger charge is -2.02. The number of aromatic nitrogens is 1. The molecule has 0 aliphatic heterocycles. The number of hydrazone groups is 1. The maximum absolute atomic E-state index is 11.8. The molecule has 0 aliphatic carbocycles. The summed E-state index contributed by atoms with van der Waals surface area (Å²) in [5.74, 6) is 0.491. The Kier molecular flexibility index (Phi) is 5.45. The third-order valence-corrected chi connectivity index (χ3v) is 2.97. The molecule has 0 fully saturated rings. The van der Waals surface area contributed by atoms with Crippen LogP contribution in [0.5, 0.6) is 5.75 Å². The van der Waals surface area contributed by atoms with Crippen LogP contribution in [0, 0.1) is 0 Å². The summed E-state index contributed by atoms with van der Waals surface area (Å²) in [6.45, 7) is 2.56. The number of halogens is 1. The first kappa shape index (κ1) is 15.2. The van der Waals surface area contributed by atoms with Gasteiger partial charge in [-0.15, -0.1) is 0 Å². The van der Waals surface area contributed by atoms with E-state index in [4.69, 9.17) is 4.74 Å². The van der Waals surface area contributed by atoms with Crippen molar-refractivity contribution in [2.75, 3.05) is 6.61 Å². The second kappa shape index (κ2) is 7.54. The fourth-order valence-corrected chi connectivity index (χ4v) is 1.95. The summed E-state index contributed by atoms with van der Waals surface area (Å²) in [6, 6.07) is 9.10. The third-order valence-electron chi connectivity index (χ3n) is 2.54. The molecule has 0 unspecified atom stereocenters. The van der Waals surface area contributed by atoms with Gasteiger partial charge in [0.1, 0.15) is 5.75 Å². The molecule has 1 N–H and O–H groups in total. The number of rotatable bonds is 5. The van der Waals surface area contributed by atoms with Crippen LogP contribution in [-0.4, -0.2) is 23.7 Å². The minimum absolute atomic E-state index is 0.314. The van der Waals surface area contributed by atoms with E-state index in [2.05, 4.69) is 31.4 Å². The SMILES string of the molecule is CCOc1ccc(/C=N/NC(=O)c2cncc(Br)c2)cc1. The van der Waals surface area contributed by atoms with Gasteiger partial charge < -0.3 is 4.74 Å². The average Bonchev–Trinajstić information content (AvgIpc) is 2.49. The van der Waals surface area contributed by atoms with Gasteiger partial charge in [-0.2, -0.15) is 5.10 Å². The highest BCUT2D eigenvalue weighted by atomic mass is 79.9. The topological polar surface area (TPSA) is 63.6 Å². The minimum Gasteiger partial charge on any atom is -0.494 e. The van der Waals surface area contributed by atoms with Crippen LogP contribution in [0.15, 0.2) is 52.3 Å². The minimum atomic E-state index is -0.314. The normalized spacial score (nSPS) is 10.6. The molecule has 0 atom stereocenters. The van der Waals surface area contributed by atoms with Gasteiger partial charge in [0.05, 0.1) is 18.4 Å². The van der Waals surface area contributed by atoms with Crippen molar-refractivity contribution in [3.8, 4) is 5.75 Å². The Morgan fingerprint density at radius 3 is 2.81 bits per heavy atom. The number of pyridine rings is 1. The Morgan fingerprint density at radius 2 is 2.14 bits per heavy atom. The summed E-state index contributed by atoms with van der Waals surface area (Å²) < 4.78 is 6.09. The van der Waals surface area contributed by atoms with Crippen molar-refractivity contribution in [3.63, 3.8) is 0 Å². The first-order valence-corrected chi connectivity index (χ1v) is 7.15. The molecule has 0 saturated carbocycles. The van der Waals surface area contributed by atoms with Crippen LogP contribution in [0.4, 0.5) is 0 Å². The summed E-state index contributed by atoms with van der Waals surface area (Å²) >= 11 is 3.26. The van der Waals surface area contributed by atoms with Crippen LogP contribution in [0.1, 0.15) is 22.8 Å². The van der Waals surface area contributed by atoms with Gasteiger partial charge in [0.2, 0.25) is 0 Å². The second-order valence-electron chi connectivity index (χ2n) is 4.09. The van der Waals surface area contributed by atoms with Crippen LogP contribution in [0.2, 0.25) is 0 Å². The zero-order chi connectivity index (χ0) is 15.1. The first-order valence-electron chi connectivity index (χ1n) is 6.36. The number of nitrogens with one attached hydrogen (secondary N) is 1. The molecule has 1 aromatic carbocycles. The smallest absolute Gasteiger partial charge is 0.272 e. The van der Waals surface area contributed by atoms with Crippen molar-refractivity contribution in [1.82, 2.24) is 10.4 Å². The first-order chi connectivity index (χ1) is 10.2. The molecule has 6 heteroatoms. The number of ether oxygens (including phenoxy) is 1. The Labute approximate surface area is 131 Å². The van der Waals surface area contributed by atoms with E-state index >= 15 is 0 Å². The van der Waals surface area contributed by atoms with E-state index in [-0.39, 0.29) is 5.91 Å². The number of hydrogen-bond acceptors (Lipinski definition) is 4. The number of nitrogens with zero attached hydrogens (tertiary/aromatic N) is 2. The highest BCUT2D eigenvalue weighted by molar-refractivity contribution is 9.10. The van der Waals surface area contributed by atoms with Crippen molar-refractivity contribution in [2.24, 2.45) is 5.10 Å². The van der Waals surface area contributed by atoms with Crippen LogP contribution in [-0.2, 0) is 0 Å². The van der Waals surface area contributed by atoms with E-state index in [1.165, 1.54) is 6.20 Å². The number of benzene rings is 1. The maximum atomic E-state index is 11.8. The molecular weight excluding hydrogens is 334 g/mol. The van der Waals surface area contributed by atoms with Crippen molar-refractivity contribution < 1.29 is 9.53 Å². The lowest BCUT2D eigenvalue weighted by molar-refractivity contribution is 0.0954. The van der Waals surface area contributed by atoms with Crippen molar-refractivity contribution in [3.05, 3.63) is 58.3 Å². The molecule has 1 aromatic heterocycles. The molecule has 2 rings (SSSR count). The number of carbonyl (C=O) groups excluding carboxylic acids is 1. The van der Waals surface area contributed by atoms with E-state index in [0.717, 1.165) is 15.8 Å². The Hall–Kier alpha value is -2.21. The number of carbonyl (C=O) groups is 1. The Balaban J connectivity index is 1.94. The lowest BCUT2D eigenvalue weighted by Crippen LogP contribution is -2.17. The monoisotopic (exact) mass is 347 g/mol. The average molecular weight is 348 g/mol. The fourth-order valence-electron chi connectivity index (χ4n) is 1.58. The molecule has 0 spiro atoms. The Morgan fingerprint density at radius 1 is 1.38 bits per heavy atom. The highest BCUT2D eigenvalue weighted by Crippen LogP contribution is 2.11. The van der Waals surface area contributed by atoms with Crippen molar-refractivity contribution in [2.45, 2.75) is 6.92 Å². The summed E-state index contributed by atoms with van der Waals surface area (Å²) in [6.07, 6.45) is 4.66. The quantitative estimate of drug-likeness (QED) is 0.667. The van der Waals surface area contributed by atoms with Crippen LogP contribution < -0.4 is 10.2 Å². The van der Waals surface area contributed by atoms with Gasteiger partial charge in [-0.25, -0.2) is 5.43 Å². The molecule has 2 aromatic rings. The van der Waals surface area contributed by atoms with Gasteiger partial charge in [0.25, 0.3) is 5.91 Å². The molecule has 0 aliphatic rings. The molecule has 0 radical (unpaired) electrons. The van der Waals surface area contributed by atoms with Gasteiger partial charge in [-0.3, -0.25) is 9.78 Å². The second-order valence-corrected chi connectivity index (χ2v) is 5.01. The lowest BCUT2D eigenvalue weighted by atomic mass is 10.2. The van der Waals surface area contributed by atoms with E-state index in [1.54, 1.807) is 18.5 Å². The van der Waals surface area contributed by atoms with Gasteiger partial charge in [-0.05, 0) is 58.7 Å². The summed E-state index contributed by atoms with van der Waals surface area (Å²) in [7, 11) is 0. The molecule has 0 bridgehead atoms.